The van der Waals surface area contributed by atoms with E-state index in [9.17, 15) is 23.2 Å². The minimum Gasteiger partial charge on any atom is -0.354 e. The zero-order valence-electron chi connectivity index (χ0n) is 20.1. The third kappa shape index (κ3) is 5.52. The molecule has 3 heterocycles. The average molecular weight is 497 g/mol. The van der Waals surface area contributed by atoms with Crippen molar-refractivity contribution >= 4 is 17.5 Å². The highest BCUT2D eigenvalue weighted by atomic mass is 19.4. The molecule has 36 heavy (non-hydrogen) atoms. The lowest BCUT2D eigenvalue weighted by Gasteiger charge is -2.35. The number of aromatic nitrogens is 2. The fraction of sp³-hybridized carbons (Fsp3) is 0.346. The molecule has 1 saturated heterocycles. The fourth-order valence-corrected chi connectivity index (χ4v) is 4.34. The molecule has 1 fully saturated rings. The molecule has 0 spiro atoms. The predicted octanol–water partition coefficient (Wildman–Crippen LogP) is 4.20. The number of rotatable bonds is 6. The van der Waals surface area contributed by atoms with E-state index < -0.39 is 11.7 Å². The molecule has 1 aliphatic rings. The summed E-state index contributed by atoms with van der Waals surface area (Å²) in [5.41, 5.74) is 2.49. The minimum absolute atomic E-state index is 0.147. The Morgan fingerprint density at radius 1 is 1.08 bits per heavy atom. The Kier molecular flexibility index (Phi) is 7.31. The van der Waals surface area contributed by atoms with E-state index >= 15 is 0 Å². The van der Waals surface area contributed by atoms with Crippen LogP contribution in [0, 0.1) is 25.2 Å². The molecule has 0 atom stereocenters. The number of anilines is 2. The van der Waals surface area contributed by atoms with Crippen molar-refractivity contribution in [3.05, 3.63) is 76.6 Å². The van der Waals surface area contributed by atoms with E-state index in [0.29, 0.717) is 49.9 Å². The second kappa shape index (κ2) is 10.4. The summed E-state index contributed by atoms with van der Waals surface area (Å²) in [5, 5.41) is 12.7. The Balaban J connectivity index is 1.39. The lowest BCUT2D eigenvalue weighted by atomic mass is 10.2. The number of carbonyl (C=O) groups excluding carboxylic acids is 1. The summed E-state index contributed by atoms with van der Waals surface area (Å²) < 4.78 is 40.3. The van der Waals surface area contributed by atoms with Crippen LogP contribution in [0.25, 0.3) is 0 Å². The van der Waals surface area contributed by atoms with Crippen molar-refractivity contribution in [2.24, 2.45) is 0 Å². The van der Waals surface area contributed by atoms with Gasteiger partial charge in [0.2, 0.25) is 5.91 Å². The SMILES string of the molecule is Cc1c(C#N)c(NC(=O)CN2CCN(c3ccc(C(F)(F)F)cn3)CC2)n(Cc2ccccc2)c1C. The van der Waals surface area contributed by atoms with Crippen molar-refractivity contribution in [2.45, 2.75) is 26.6 Å². The van der Waals surface area contributed by atoms with Gasteiger partial charge in [0.25, 0.3) is 0 Å². The van der Waals surface area contributed by atoms with Gasteiger partial charge in [-0.25, -0.2) is 4.98 Å². The second-order valence-electron chi connectivity index (χ2n) is 8.83. The van der Waals surface area contributed by atoms with Gasteiger partial charge in [-0.2, -0.15) is 18.4 Å². The topological polar surface area (TPSA) is 77.2 Å². The van der Waals surface area contributed by atoms with E-state index in [2.05, 4.69) is 16.4 Å². The van der Waals surface area contributed by atoms with Crippen molar-refractivity contribution in [1.29, 1.82) is 5.26 Å². The molecule has 7 nitrogen and oxygen atoms in total. The number of benzene rings is 1. The number of hydrogen-bond acceptors (Lipinski definition) is 5. The monoisotopic (exact) mass is 496 g/mol. The van der Waals surface area contributed by atoms with Crippen LogP contribution in [-0.2, 0) is 17.5 Å². The van der Waals surface area contributed by atoms with Crippen molar-refractivity contribution in [3.8, 4) is 6.07 Å². The highest BCUT2D eigenvalue weighted by molar-refractivity contribution is 5.93. The molecule has 10 heteroatoms. The first kappa shape index (κ1) is 25.3. The van der Waals surface area contributed by atoms with Crippen LogP contribution in [0.3, 0.4) is 0 Å². The number of nitrogens with zero attached hydrogens (tertiary/aromatic N) is 5. The number of piperazine rings is 1. The highest BCUT2D eigenvalue weighted by Crippen LogP contribution is 2.30. The Hall–Kier alpha value is -3.84. The first-order chi connectivity index (χ1) is 17.2. The minimum atomic E-state index is -4.42. The van der Waals surface area contributed by atoms with Crippen LogP contribution in [0.4, 0.5) is 24.8 Å². The zero-order valence-corrected chi connectivity index (χ0v) is 20.1. The fourth-order valence-electron chi connectivity index (χ4n) is 4.34. The maximum Gasteiger partial charge on any atom is 0.417 e. The molecule has 2 aromatic heterocycles. The quantitative estimate of drug-likeness (QED) is 0.554. The summed E-state index contributed by atoms with van der Waals surface area (Å²) >= 11 is 0. The van der Waals surface area contributed by atoms with Crippen molar-refractivity contribution in [1.82, 2.24) is 14.5 Å². The number of carbonyl (C=O) groups is 1. The summed E-state index contributed by atoms with van der Waals surface area (Å²) in [6.07, 6.45) is -3.57. The van der Waals surface area contributed by atoms with Gasteiger partial charge in [0.05, 0.1) is 17.7 Å². The van der Waals surface area contributed by atoms with Crippen molar-refractivity contribution < 1.29 is 18.0 Å². The lowest BCUT2D eigenvalue weighted by molar-refractivity contribution is -0.137. The molecule has 3 aromatic rings. The van der Waals surface area contributed by atoms with Gasteiger partial charge in [0, 0.05) is 44.6 Å². The molecular formula is C26H27F3N6O. The lowest BCUT2D eigenvalue weighted by Crippen LogP contribution is -2.49. The number of hydrogen-bond donors (Lipinski definition) is 1. The molecule has 4 rings (SSSR count). The number of amides is 1. The van der Waals surface area contributed by atoms with Crippen LogP contribution in [-0.4, -0.2) is 53.1 Å². The van der Waals surface area contributed by atoms with Gasteiger partial charge in [-0.15, -0.1) is 0 Å². The van der Waals surface area contributed by atoms with Crippen LogP contribution in [0.2, 0.25) is 0 Å². The highest BCUT2D eigenvalue weighted by Gasteiger charge is 2.31. The van der Waals surface area contributed by atoms with Crippen LogP contribution in [0.1, 0.15) is 27.9 Å². The summed E-state index contributed by atoms with van der Waals surface area (Å²) in [5.74, 6) is 0.754. The molecule has 1 amide bonds. The summed E-state index contributed by atoms with van der Waals surface area (Å²) in [6.45, 7) is 6.68. The maximum atomic E-state index is 12.9. The normalized spacial score (nSPS) is 14.5. The standard InChI is InChI=1S/C26H27F3N6O/c1-18-19(2)35(16-20-6-4-3-5-7-20)25(22(18)14-30)32-24(36)17-33-10-12-34(13-11-33)23-9-8-21(15-31-23)26(27,28)29/h3-9,15H,10-13,16-17H2,1-2H3,(H,32,36). The Labute approximate surface area is 207 Å². The Morgan fingerprint density at radius 2 is 1.78 bits per heavy atom. The van der Waals surface area contributed by atoms with Crippen LogP contribution in [0.5, 0.6) is 0 Å². The molecule has 1 aromatic carbocycles. The second-order valence-corrected chi connectivity index (χ2v) is 8.83. The zero-order chi connectivity index (χ0) is 25.9. The van der Waals surface area contributed by atoms with Gasteiger partial charge in [0.1, 0.15) is 17.7 Å². The van der Waals surface area contributed by atoms with Gasteiger partial charge in [-0.3, -0.25) is 9.69 Å². The largest absolute Gasteiger partial charge is 0.417 e. The first-order valence-corrected chi connectivity index (χ1v) is 11.6. The smallest absolute Gasteiger partial charge is 0.354 e. The number of pyridine rings is 1. The maximum absolute atomic E-state index is 12.9. The number of nitriles is 1. The third-order valence-corrected chi connectivity index (χ3v) is 6.52. The number of nitrogens with one attached hydrogen (secondary N) is 1. The predicted molar refractivity (Wildman–Crippen MR) is 131 cm³/mol. The van der Waals surface area contributed by atoms with E-state index in [1.807, 2.05) is 58.5 Å². The van der Waals surface area contributed by atoms with Gasteiger partial charge in [-0.1, -0.05) is 30.3 Å². The van der Waals surface area contributed by atoms with E-state index in [1.54, 1.807) is 0 Å². The molecule has 0 radical (unpaired) electrons. The molecule has 0 unspecified atom stereocenters. The van der Waals surface area contributed by atoms with Crippen LogP contribution < -0.4 is 10.2 Å². The van der Waals surface area contributed by atoms with Crippen LogP contribution in [0.15, 0.2) is 48.7 Å². The third-order valence-electron chi connectivity index (χ3n) is 6.52. The van der Waals surface area contributed by atoms with E-state index in [4.69, 9.17) is 0 Å². The number of alkyl halides is 3. The summed E-state index contributed by atoms with van der Waals surface area (Å²) in [4.78, 5) is 20.8. The van der Waals surface area contributed by atoms with Gasteiger partial charge < -0.3 is 14.8 Å². The Morgan fingerprint density at radius 3 is 2.36 bits per heavy atom. The summed E-state index contributed by atoms with van der Waals surface area (Å²) in [6, 6.07) is 14.5. The van der Waals surface area contributed by atoms with E-state index in [0.717, 1.165) is 29.1 Å². The van der Waals surface area contributed by atoms with Gasteiger partial charge in [-0.05, 0) is 37.1 Å². The van der Waals surface area contributed by atoms with Crippen molar-refractivity contribution in [2.75, 3.05) is 42.9 Å². The van der Waals surface area contributed by atoms with Crippen molar-refractivity contribution in [3.63, 3.8) is 0 Å². The average Bonchev–Trinajstić information content (AvgIpc) is 3.08. The molecule has 0 aliphatic carbocycles. The molecule has 1 aliphatic heterocycles. The first-order valence-electron chi connectivity index (χ1n) is 11.6. The van der Waals surface area contributed by atoms with Gasteiger partial charge in [0.15, 0.2) is 0 Å². The molecule has 1 N–H and O–H groups in total. The molecule has 188 valence electrons. The molecular weight excluding hydrogens is 469 g/mol. The Bertz CT molecular complexity index is 1250. The summed E-state index contributed by atoms with van der Waals surface area (Å²) in [7, 11) is 0. The molecule has 0 bridgehead atoms. The molecule has 0 saturated carbocycles. The number of halogens is 3. The van der Waals surface area contributed by atoms with Crippen LogP contribution >= 0.6 is 0 Å². The van der Waals surface area contributed by atoms with Gasteiger partial charge >= 0.3 is 6.18 Å². The van der Waals surface area contributed by atoms with E-state index in [-0.39, 0.29) is 12.5 Å². The van der Waals surface area contributed by atoms with E-state index in [1.165, 1.54) is 6.07 Å².